The molecule has 28 heavy (non-hydrogen) atoms. The van der Waals surface area contributed by atoms with E-state index in [0.717, 1.165) is 11.1 Å². The fourth-order valence-electron chi connectivity index (χ4n) is 2.60. The van der Waals surface area contributed by atoms with E-state index in [9.17, 15) is 4.39 Å². The van der Waals surface area contributed by atoms with Crippen molar-refractivity contribution in [1.29, 1.82) is 0 Å². The van der Waals surface area contributed by atoms with Crippen molar-refractivity contribution in [1.82, 2.24) is 25.1 Å². The summed E-state index contributed by atoms with van der Waals surface area (Å²) < 4.78 is 20.6. The highest BCUT2D eigenvalue weighted by Gasteiger charge is 2.21. The van der Waals surface area contributed by atoms with Crippen molar-refractivity contribution >= 4 is 11.8 Å². The predicted molar refractivity (Wildman–Crippen MR) is 104 cm³/mol. The van der Waals surface area contributed by atoms with Crippen LogP contribution in [0, 0.1) is 12.7 Å². The molecule has 1 atom stereocenters. The lowest BCUT2D eigenvalue weighted by Crippen LogP contribution is -2.12. The lowest BCUT2D eigenvalue weighted by molar-refractivity contribution is 0.509. The van der Waals surface area contributed by atoms with Crippen LogP contribution in [0.1, 0.15) is 23.6 Å². The summed E-state index contributed by atoms with van der Waals surface area (Å²) in [7, 11) is 0. The third kappa shape index (κ3) is 3.61. The van der Waals surface area contributed by atoms with Crippen molar-refractivity contribution in [2.75, 3.05) is 5.84 Å². The van der Waals surface area contributed by atoms with Gasteiger partial charge in [-0.25, -0.2) is 9.07 Å². The summed E-state index contributed by atoms with van der Waals surface area (Å²) in [6.45, 7) is 3.93. The number of hydrogen-bond donors (Lipinski definition) is 1. The van der Waals surface area contributed by atoms with E-state index in [2.05, 4.69) is 20.4 Å². The van der Waals surface area contributed by atoms with Gasteiger partial charge in [0.1, 0.15) is 5.82 Å². The van der Waals surface area contributed by atoms with Gasteiger partial charge in [-0.15, -0.1) is 20.4 Å². The third-order valence-corrected chi connectivity index (χ3v) is 5.16. The van der Waals surface area contributed by atoms with E-state index in [1.54, 1.807) is 12.1 Å². The number of aromatic nitrogens is 5. The summed E-state index contributed by atoms with van der Waals surface area (Å²) in [5, 5.41) is 16.7. The van der Waals surface area contributed by atoms with Gasteiger partial charge in [0, 0.05) is 11.1 Å². The van der Waals surface area contributed by atoms with Crippen LogP contribution in [0.15, 0.2) is 58.1 Å². The SMILES string of the molecule is Cc1ccc(-c2nnc([C@@H](C)Sc3nnc(-c4cccc(F)c4)n3N)o2)cc1. The zero-order valence-electron chi connectivity index (χ0n) is 15.2. The number of halogens is 1. The second kappa shape index (κ2) is 7.43. The minimum Gasteiger partial charge on any atom is -0.419 e. The van der Waals surface area contributed by atoms with E-state index in [0.29, 0.717) is 28.3 Å². The molecule has 2 aromatic carbocycles. The number of hydrogen-bond acceptors (Lipinski definition) is 7. The molecular weight excluding hydrogens is 379 g/mol. The van der Waals surface area contributed by atoms with E-state index < -0.39 is 0 Å². The molecule has 0 aliphatic heterocycles. The molecule has 142 valence electrons. The molecule has 0 fully saturated rings. The zero-order chi connectivity index (χ0) is 19.7. The summed E-state index contributed by atoms with van der Waals surface area (Å²) in [5.74, 6) is 7.03. The topological polar surface area (TPSA) is 95.7 Å². The van der Waals surface area contributed by atoms with Crippen LogP contribution in [0.2, 0.25) is 0 Å². The molecule has 0 bridgehead atoms. The Labute approximate surface area is 164 Å². The Balaban J connectivity index is 1.53. The third-order valence-electron chi connectivity index (χ3n) is 4.12. The maximum Gasteiger partial charge on any atom is 0.247 e. The van der Waals surface area contributed by atoms with Crippen LogP contribution in [0.4, 0.5) is 4.39 Å². The van der Waals surface area contributed by atoms with Gasteiger partial charge in [-0.1, -0.05) is 41.6 Å². The Morgan fingerprint density at radius 3 is 2.57 bits per heavy atom. The first kappa shape index (κ1) is 18.2. The first-order valence-corrected chi connectivity index (χ1v) is 9.43. The standard InChI is InChI=1S/C19H17FN6OS/c1-11-6-8-13(9-7-11)18-24-23-17(27-18)12(2)28-19-25-22-16(26(19)21)14-4-3-5-15(20)10-14/h3-10,12H,21H2,1-2H3/t12-/m1/s1. The van der Waals surface area contributed by atoms with Crippen LogP contribution in [0.3, 0.4) is 0 Å². The van der Waals surface area contributed by atoms with Crippen molar-refractivity contribution in [2.24, 2.45) is 0 Å². The number of benzene rings is 2. The number of nitrogens with two attached hydrogens (primary N) is 1. The number of nitrogens with zero attached hydrogens (tertiary/aromatic N) is 5. The van der Waals surface area contributed by atoms with Gasteiger partial charge in [-0.2, -0.15) is 0 Å². The molecule has 2 N–H and O–H groups in total. The second-order valence-electron chi connectivity index (χ2n) is 6.26. The second-order valence-corrected chi connectivity index (χ2v) is 7.57. The highest BCUT2D eigenvalue weighted by molar-refractivity contribution is 7.99. The van der Waals surface area contributed by atoms with Crippen molar-refractivity contribution < 1.29 is 8.81 Å². The van der Waals surface area contributed by atoms with Crippen molar-refractivity contribution in [2.45, 2.75) is 24.3 Å². The Bertz CT molecular complexity index is 1110. The van der Waals surface area contributed by atoms with Gasteiger partial charge >= 0.3 is 0 Å². The number of aryl methyl sites for hydroxylation is 1. The Hall–Kier alpha value is -3.20. The highest BCUT2D eigenvalue weighted by atomic mass is 32.2. The number of nitrogen functional groups attached to an aromatic ring is 1. The van der Waals surface area contributed by atoms with Gasteiger partial charge in [-0.05, 0) is 38.1 Å². The summed E-state index contributed by atoms with van der Waals surface area (Å²) >= 11 is 1.33. The molecule has 2 heterocycles. The van der Waals surface area contributed by atoms with Crippen LogP contribution >= 0.6 is 11.8 Å². The molecule has 0 aliphatic carbocycles. The fourth-order valence-corrected chi connectivity index (χ4v) is 3.40. The van der Waals surface area contributed by atoms with Gasteiger partial charge in [0.25, 0.3) is 0 Å². The zero-order valence-corrected chi connectivity index (χ0v) is 16.0. The molecule has 9 heteroatoms. The molecule has 0 unspecified atom stereocenters. The van der Waals surface area contributed by atoms with Gasteiger partial charge < -0.3 is 10.3 Å². The van der Waals surface area contributed by atoms with E-state index in [1.165, 1.54) is 28.6 Å². The van der Waals surface area contributed by atoms with Crippen molar-refractivity contribution in [3.05, 3.63) is 65.8 Å². The molecule has 0 saturated heterocycles. The lowest BCUT2D eigenvalue weighted by atomic mass is 10.1. The van der Waals surface area contributed by atoms with Crippen LogP contribution in [-0.2, 0) is 0 Å². The molecule has 7 nitrogen and oxygen atoms in total. The number of thioether (sulfide) groups is 1. The quantitative estimate of drug-likeness (QED) is 0.402. The molecule has 4 aromatic rings. The maximum atomic E-state index is 13.5. The highest BCUT2D eigenvalue weighted by Crippen LogP contribution is 2.34. The molecule has 0 amide bonds. The van der Waals surface area contributed by atoms with Crippen LogP contribution in [0.25, 0.3) is 22.8 Å². The lowest BCUT2D eigenvalue weighted by Gasteiger charge is -2.07. The van der Waals surface area contributed by atoms with E-state index >= 15 is 0 Å². The molecule has 4 rings (SSSR count). The van der Waals surface area contributed by atoms with E-state index in [-0.39, 0.29) is 11.1 Å². The minimum atomic E-state index is -0.363. The average Bonchev–Trinajstić information content (AvgIpc) is 3.30. The predicted octanol–water partition coefficient (Wildman–Crippen LogP) is 4.01. The molecule has 0 aliphatic rings. The van der Waals surface area contributed by atoms with Crippen molar-refractivity contribution in [3.63, 3.8) is 0 Å². The van der Waals surface area contributed by atoms with Crippen LogP contribution in [0.5, 0.6) is 0 Å². The smallest absolute Gasteiger partial charge is 0.247 e. The maximum absolute atomic E-state index is 13.5. The van der Waals surface area contributed by atoms with Gasteiger partial charge in [0.05, 0.1) is 5.25 Å². The Morgan fingerprint density at radius 2 is 1.82 bits per heavy atom. The summed E-state index contributed by atoms with van der Waals surface area (Å²) in [6, 6.07) is 13.9. The van der Waals surface area contributed by atoms with Gasteiger partial charge in [-0.3, -0.25) is 0 Å². The largest absolute Gasteiger partial charge is 0.419 e. The first-order chi connectivity index (χ1) is 13.5. The minimum absolute atomic E-state index is 0.196. The van der Waals surface area contributed by atoms with Crippen LogP contribution in [-0.4, -0.2) is 25.1 Å². The fraction of sp³-hybridized carbons (Fsp3) is 0.158. The molecule has 0 radical (unpaired) electrons. The van der Waals surface area contributed by atoms with E-state index in [4.69, 9.17) is 10.3 Å². The van der Waals surface area contributed by atoms with Gasteiger partial charge in [0.2, 0.25) is 16.9 Å². The first-order valence-electron chi connectivity index (χ1n) is 8.55. The number of rotatable bonds is 5. The molecule has 0 spiro atoms. The van der Waals surface area contributed by atoms with Crippen molar-refractivity contribution in [3.8, 4) is 22.8 Å². The monoisotopic (exact) mass is 396 g/mol. The van der Waals surface area contributed by atoms with Gasteiger partial charge in [0.15, 0.2) is 5.82 Å². The summed E-state index contributed by atoms with van der Waals surface area (Å²) in [4.78, 5) is 0. The summed E-state index contributed by atoms with van der Waals surface area (Å²) in [6.07, 6.45) is 0. The molecular formula is C19H17FN6OS. The Kier molecular flexibility index (Phi) is 4.82. The summed E-state index contributed by atoms with van der Waals surface area (Å²) in [5.41, 5.74) is 2.56. The van der Waals surface area contributed by atoms with E-state index in [1.807, 2.05) is 38.1 Å². The Morgan fingerprint density at radius 1 is 1.04 bits per heavy atom. The molecule has 2 aromatic heterocycles. The molecule has 0 saturated carbocycles. The normalized spacial score (nSPS) is 12.2. The van der Waals surface area contributed by atoms with Crippen LogP contribution < -0.4 is 5.84 Å². The average molecular weight is 396 g/mol.